The average Bonchev–Trinajstić information content (AvgIpc) is 2.68. The number of ether oxygens (including phenoxy) is 4. The molecule has 1 heterocycles. The number of carbonyl (C=O) groups excluding carboxylic acids is 2. The summed E-state index contributed by atoms with van der Waals surface area (Å²) < 4.78 is 21.6. The molecule has 0 amide bonds. The maximum Gasteiger partial charge on any atom is 0.348 e. The summed E-state index contributed by atoms with van der Waals surface area (Å²) >= 11 is 0. The van der Waals surface area contributed by atoms with Gasteiger partial charge in [-0.1, -0.05) is 39.0 Å². The Kier molecular flexibility index (Phi) is 6.11. The van der Waals surface area contributed by atoms with Gasteiger partial charge in [-0.3, -0.25) is 0 Å². The molecule has 1 aliphatic rings. The Morgan fingerprint density at radius 3 is 2.13 bits per heavy atom. The topological polar surface area (TPSA) is 71.1 Å². The van der Waals surface area contributed by atoms with Gasteiger partial charge in [-0.05, 0) is 46.9 Å². The zero-order valence-electron chi connectivity index (χ0n) is 18.8. The molecule has 6 heteroatoms. The molecule has 0 spiro atoms. The third kappa shape index (κ3) is 5.45. The van der Waals surface area contributed by atoms with Crippen molar-refractivity contribution in [2.75, 3.05) is 7.11 Å². The molecule has 0 aromatic heterocycles. The van der Waals surface area contributed by atoms with Gasteiger partial charge in [-0.15, -0.1) is 0 Å². The number of hydrogen-bond acceptors (Lipinski definition) is 6. The van der Waals surface area contributed by atoms with E-state index >= 15 is 0 Å². The predicted octanol–water partition coefficient (Wildman–Crippen LogP) is 4.79. The highest BCUT2D eigenvalue weighted by molar-refractivity contribution is 6.18. The highest BCUT2D eigenvalue weighted by Crippen LogP contribution is 2.28. The van der Waals surface area contributed by atoms with Crippen molar-refractivity contribution >= 4 is 18.0 Å². The van der Waals surface area contributed by atoms with Gasteiger partial charge in [0.1, 0.15) is 23.7 Å². The summed E-state index contributed by atoms with van der Waals surface area (Å²) in [5.41, 5.74) is 2.54. The smallest absolute Gasteiger partial charge is 0.348 e. The number of cyclic esters (lactones) is 2. The average molecular weight is 424 g/mol. The predicted molar refractivity (Wildman–Crippen MR) is 117 cm³/mol. The van der Waals surface area contributed by atoms with Crippen molar-refractivity contribution in [1.82, 2.24) is 0 Å². The van der Waals surface area contributed by atoms with Gasteiger partial charge in [0, 0.05) is 19.4 Å². The maximum absolute atomic E-state index is 12.2. The highest BCUT2D eigenvalue weighted by atomic mass is 16.7. The lowest BCUT2D eigenvalue weighted by atomic mass is 9.87. The molecule has 1 aliphatic heterocycles. The van der Waals surface area contributed by atoms with E-state index in [2.05, 4.69) is 32.9 Å². The lowest BCUT2D eigenvalue weighted by molar-refractivity contribution is -0.222. The first kappa shape index (κ1) is 22.4. The van der Waals surface area contributed by atoms with Crippen molar-refractivity contribution in [3.05, 3.63) is 64.7 Å². The summed E-state index contributed by atoms with van der Waals surface area (Å²) in [6.07, 6.45) is 1.45. The SMILES string of the molecule is COc1ccc(C=C2C(=O)OC(C)(C)OC2=O)cc1COc1ccc(C(C)(C)C)cc1. The first-order chi connectivity index (χ1) is 14.5. The lowest BCUT2D eigenvalue weighted by Gasteiger charge is -2.29. The van der Waals surface area contributed by atoms with Crippen molar-refractivity contribution in [3.63, 3.8) is 0 Å². The quantitative estimate of drug-likeness (QED) is 0.390. The molecule has 0 bridgehead atoms. The van der Waals surface area contributed by atoms with E-state index in [1.54, 1.807) is 25.3 Å². The van der Waals surface area contributed by atoms with Crippen molar-refractivity contribution < 1.29 is 28.5 Å². The minimum Gasteiger partial charge on any atom is -0.496 e. The maximum atomic E-state index is 12.2. The molecule has 1 fully saturated rings. The van der Waals surface area contributed by atoms with E-state index in [1.165, 1.54) is 25.5 Å². The first-order valence-corrected chi connectivity index (χ1v) is 10.1. The third-order valence-corrected chi connectivity index (χ3v) is 4.85. The zero-order chi connectivity index (χ0) is 22.8. The van der Waals surface area contributed by atoms with Crippen LogP contribution in [0.5, 0.6) is 11.5 Å². The van der Waals surface area contributed by atoms with Crippen LogP contribution in [0.1, 0.15) is 51.3 Å². The van der Waals surface area contributed by atoms with Crippen LogP contribution in [0, 0.1) is 0 Å². The summed E-state index contributed by atoms with van der Waals surface area (Å²) in [5.74, 6) is -1.32. The van der Waals surface area contributed by atoms with Crippen LogP contribution < -0.4 is 9.47 Å². The van der Waals surface area contributed by atoms with Gasteiger partial charge in [0.05, 0.1) is 7.11 Å². The molecule has 2 aromatic rings. The van der Waals surface area contributed by atoms with E-state index in [4.69, 9.17) is 18.9 Å². The van der Waals surface area contributed by atoms with Crippen LogP contribution in [0.2, 0.25) is 0 Å². The van der Waals surface area contributed by atoms with E-state index in [-0.39, 0.29) is 17.6 Å². The minimum atomic E-state index is -1.27. The standard InChI is InChI=1S/C25H28O6/c1-24(2,3)18-8-10-19(11-9-18)29-15-17-13-16(7-12-21(17)28-6)14-20-22(26)30-25(4,5)31-23(20)27/h7-14H,15H2,1-6H3. The van der Waals surface area contributed by atoms with Crippen LogP contribution in [0.4, 0.5) is 0 Å². The van der Waals surface area contributed by atoms with E-state index in [1.807, 2.05) is 12.1 Å². The first-order valence-electron chi connectivity index (χ1n) is 10.1. The number of hydrogen-bond donors (Lipinski definition) is 0. The Balaban J connectivity index is 1.80. The van der Waals surface area contributed by atoms with Gasteiger partial charge in [0.25, 0.3) is 5.79 Å². The van der Waals surface area contributed by atoms with Gasteiger partial charge in [-0.25, -0.2) is 9.59 Å². The number of methoxy groups -OCH3 is 1. The van der Waals surface area contributed by atoms with E-state index in [0.717, 1.165) is 11.3 Å². The van der Waals surface area contributed by atoms with E-state index in [0.29, 0.717) is 11.3 Å². The summed E-state index contributed by atoms with van der Waals surface area (Å²) in [4.78, 5) is 24.4. The fraction of sp³-hybridized carbons (Fsp3) is 0.360. The van der Waals surface area contributed by atoms with Gasteiger partial charge >= 0.3 is 11.9 Å². The summed E-state index contributed by atoms with van der Waals surface area (Å²) in [6.45, 7) is 9.76. The fourth-order valence-electron chi connectivity index (χ4n) is 3.16. The molecule has 0 N–H and O–H groups in total. The van der Waals surface area contributed by atoms with E-state index in [9.17, 15) is 9.59 Å². The molecular formula is C25H28O6. The Morgan fingerprint density at radius 1 is 0.968 bits per heavy atom. The van der Waals surface area contributed by atoms with Crippen LogP contribution in [0.25, 0.3) is 6.08 Å². The van der Waals surface area contributed by atoms with Crippen molar-refractivity contribution in [2.24, 2.45) is 0 Å². The third-order valence-electron chi connectivity index (χ3n) is 4.85. The number of rotatable bonds is 5. The Hall–Kier alpha value is -3.28. The minimum absolute atomic E-state index is 0.0697. The largest absolute Gasteiger partial charge is 0.496 e. The molecule has 0 atom stereocenters. The number of carbonyl (C=O) groups is 2. The number of benzene rings is 2. The molecule has 0 radical (unpaired) electrons. The van der Waals surface area contributed by atoms with Crippen LogP contribution >= 0.6 is 0 Å². The summed E-state index contributed by atoms with van der Waals surface area (Å²) in [5, 5.41) is 0. The van der Waals surface area contributed by atoms with Crippen molar-refractivity contribution in [1.29, 1.82) is 0 Å². The van der Waals surface area contributed by atoms with Gasteiger partial charge in [0.2, 0.25) is 0 Å². The normalized spacial score (nSPS) is 15.7. The second-order valence-electron chi connectivity index (χ2n) is 8.87. The molecule has 164 valence electrons. The van der Waals surface area contributed by atoms with Gasteiger partial charge < -0.3 is 18.9 Å². The highest BCUT2D eigenvalue weighted by Gasteiger charge is 2.38. The molecule has 2 aromatic carbocycles. The Labute approximate surface area is 182 Å². The van der Waals surface area contributed by atoms with Gasteiger partial charge in [0.15, 0.2) is 0 Å². The number of esters is 2. The van der Waals surface area contributed by atoms with E-state index < -0.39 is 17.7 Å². The second kappa shape index (κ2) is 8.46. The van der Waals surface area contributed by atoms with Crippen LogP contribution in [-0.4, -0.2) is 24.8 Å². The zero-order valence-corrected chi connectivity index (χ0v) is 18.8. The van der Waals surface area contributed by atoms with Crippen molar-refractivity contribution in [3.8, 4) is 11.5 Å². The van der Waals surface area contributed by atoms with Gasteiger partial charge in [-0.2, -0.15) is 0 Å². The molecule has 3 rings (SSSR count). The Morgan fingerprint density at radius 2 is 1.58 bits per heavy atom. The summed E-state index contributed by atoms with van der Waals surface area (Å²) in [7, 11) is 1.58. The van der Waals surface area contributed by atoms with Crippen molar-refractivity contribution in [2.45, 2.75) is 52.4 Å². The molecule has 1 saturated heterocycles. The fourth-order valence-corrected chi connectivity index (χ4v) is 3.16. The second-order valence-corrected chi connectivity index (χ2v) is 8.87. The molecular weight excluding hydrogens is 396 g/mol. The Bertz CT molecular complexity index is 987. The van der Waals surface area contributed by atoms with Crippen LogP contribution in [-0.2, 0) is 31.1 Å². The molecule has 0 aliphatic carbocycles. The molecule has 6 nitrogen and oxygen atoms in total. The molecule has 0 unspecified atom stereocenters. The van der Waals surface area contributed by atoms with Crippen LogP contribution in [0.3, 0.4) is 0 Å². The monoisotopic (exact) mass is 424 g/mol. The van der Waals surface area contributed by atoms with Crippen LogP contribution in [0.15, 0.2) is 48.0 Å². The molecule has 31 heavy (non-hydrogen) atoms. The summed E-state index contributed by atoms with van der Waals surface area (Å²) in [6, 6.07) is 13.3. The lowest BCUT2D eigenvalue weighted by Crippen LogP contribution is -2.41. The molecule has 0 saturated carbocycles.